The minimum absolute atomic E-state index is 0. The molecule has 10 aromatic carbocycles. The molecule has 0 fully saturated rings. The molecule has 0 unspecified atom stereocenters. The van der Waals surface area contributed by atoms with Gasteiger partial charge in [-0.3, -0.25) is 4.98 Å². The van der Waals surface area contributed by atoms with Crippen molar-refractivity contribution in [2.45, 2.75) is 0 Å². The fourth-order valence-electron chi connectivity index (χ4n) is 11.1. The SMILES string of the molecule is [Ir+3].[c-]1cc(-c2ccccc2-c2cc(-c3ccccc3-c3c[c-]c4c(c3)c3ccccc3n3ccnc43)cc(-c3ccccc3-c3c[c-]c(-c4ccccn4)cc3-c3ccc(-c4ccccc4)cc3)c2)ccc1-c1ccccn1. The van der Waals surface area contributed by atoms with Gasteiger partial charge >= 0.3 is 20.1 Å². The zero-order valence-corrected chi connectivity index (χ0v) is 44.5. The van der Waals surface area contributed by atoms with Gasteiger partial charge in [-0.05, 0) is 103 Å². The molecule has 4 nitrogen and oxygen atoms in total. The van der Waals surface area contributed by atoms with E-state index in [9.17, 15) is 0 Å². The molecule has 4 heterocycles. The van der Waals surface area contributed by atoms with Crippen LogP contribution in [0.15, 0.2) is 274 Å². The van der Waals surface area contributed by atoms with E-state index < -0.39 is 0 Å². The summed E-state index contributed by atoms with van der Waals surface area (Å²) in [4.78, 5) is 14.2. The van der Waals surface area contributed by atoms with Crippen molar-refractivity contribution in [3.63, 3.8) is 0 Å². The van der Waals surface area contributed by atoms with Crippen molar-refractivity contribution in [1.82, 2.24) is 19.4 Å². The zero-order chi connectivity index (χ0) is 51.1. The van der Waals surface area contributed by atoms with Crippen LogP contribution >= 0.6 is 0 Å². The van der Waals surface area contributed by atoms with E-state index in [1.54, 1.807) is 0 Å². The molecule has 0 amide bonds. The molecule has 0 aliphatic rings. The van der Waals surface area contributed by atoms with Crippen LogP contribution in [0, 0.1) is 18.2 Å². The van der Waals surface area contributed by atoms with Crippen molar-refractivity contribution >= 4 is 27.3 Å². The molecule has 0 radical (unpaired) electrons. The minimum atomic E-state index is 0. The van der Waals surface area contributed by atoms with Crippen LogP contribution in [-0.2, 0) is 20.1 Å². The second kappa shape index (κ2) is 20.8. The molecule has 0 saturated carbocycles. The van der Waals surface area contributed by atoms with Gasteiger partial charge in [-0.1, -0.05) is 214 Å². The number of aromatic nitrogens is 4. The first-order chi connectivity index (χ1) is 38.2. The zero-order valence-electron chi connectivity index (χ0n) is 42.1. The van der Waals surface area contributed by atoms with Crippen molar-refractivity contribution in [1.29, 1.82) is 0 Å². The Labute approximate surface area is 467 Å². The van der Waals surface area contributed by atoms with E-state index in [4.69, 9.17) is 9.97 Å². The summed E-state index contributed by atoms with van der Waals surface area (Å²) in [6.45, 7) is 0. The number of benzene rings is 10. The average Bonchev–Trinajstić information content (AvgIpc) is 4.10. The molecule has 5 heteroatoms. The summed E-state index contributed by atoms with van der Waals surface area (Å²) < 4.78 is 2.16. The molecule has 0 spiro atoms. The number of pyridine rings is 3. The van der Waals surface area contributed by atoms with Crippen LogP contribution in [-0.4, -0.2) is 19.4 Å². The number of rotatable bonds is 10. The summed E-state index contributed by atoms with van der Waals surface area (Å²) in [7, 11) is 0. The monoisotopic (exact) mass is 1170 g/mol. The van der Waals surface area contributed by atoms with Crippen molar-refractivity contribution in [2.75, 3.05) is 0 Å². The van der Waals surface area contributed by atoms with Gasteiger partial charge in [0, 0.05) is 30.3 Å². The van der Waals surface area contributed by atoms with Crippen LogP contribution < -0.4 is 0 Å². The maximum absolute atomic E-state index is 4.80. The minimum Gasteiger partial charge on any atom is -0.340 e. The van der Waals surface area contributed by atoms with E-state index in [-0.39, 0.29) is 20.1 Å². The van der Waals surface area contributed by atoms with Crippen molar-refractivity contribution in [3.05, 3.63) is 292 Å². The molecular formula is C73H45IrN4. The van der Waals surface area contributed by atoms with Gasteiger partial charge in [-0.25, -0.2) is 0 Å². The fraction of sp³-hybridized carbons (Fsp3) is 0. The van der Waals surface area contributed by atoms with Gasteiger partial charge in [0.05, 0.1) is 5.65 Å². The number of fused-ring (bicyclic) bond motifs is 6. The summed E-state index contributed by atoms with van der Waals surface area (Å²) in [5.74, 6) is 0. The number of hydrogen-bond donors (Lipinski definition) is 0. The third-order valence-electron chi connectivity index (χ3n) is 14.8. The number of para-hydroxylation sites is 1. The van der Waals surface area contributed by atoms with Crippen LogP contribution in [0.3, 0.4) is 0 Å². The Morgan fingerprint density at radius 1 is 0.295 bits per heavy atom. The molecule has 0 aliphatic heterocycles. The van der Waals surface area contributed by atoms with Gasteiger partial charge in [0.25, 0.3) is 0 Å². The fourth-order valence-corrected chi connectivity index (χ4v) is 11.1. The summed E-state index contributed by atoms with van der Waals surface area (Å²) in [6.07, 6.45) is 7.57. The molecule has 14 aromatic rings. The third kappa shape index (κ3) is 8.91. The Hall–Kier alpha value is -9.64. The molecule has 14 rings (SSSR count). The molecule has 0 saturated heterocycles. The van der Waals surface area contributed by atoms with E-state index in [1.165, 1.54) is 11.1 Å². The van der Waals surface area contributed by atoms with Gasteiger partial charge in [-0.15, -0.1) is 77.2 Å². The van der Waals surface area contributed by atoms with E-state index in [1.807, 2.05) is 61.2 Å². The Morgan fingerprint density at radius 3 is 1.45 bits per heavy atom. The Morgan fingerprint density at radius 2 is 0.808 bits per heavy atom. The first-order valence-corrected chi connectivity index (χ1v) is 25.9. The Bertz CT molecular complexity index is 4480. The standard InChI is InChI=1S/C73H45N4.Ir/c1-2-16-49(17-3-1)50-28-30-52(31-29-50)68-48-55(71-26-13-15-41-75-71)37-38-65(68)64-23-9-8-22-63(64)58-45-56(61-20-6-4-18-59(61)51-32-34-53(35-33-51)70-25-12-14-40-74-70)44-57(46-58)62-21-7-5-19-60(62)54-36-39-67-69(47-54)66-24-10-11-27-72(66)77-43-42-76-73(67)77;/h1-34,36,38,40-48H;/q-3;+3. The molecule has 4 aromatic heterocycles. The maximum atomic E-state index is 4.80. The van der Waals surface area contributed by atoms with Gasteiger partial charge in [0.1, 0.15) is 0 Å². The molecule has 0 aliphatic carbocycles. The summed E-state index contributed by atoms with van der Waals surface area (Å²) in [6, 6.07) is 99.6. The van der Waals surface area contributed by atoms with Gasteiger partial charge in [-0.2, -0.15) is 0 Å². The van der Waals surface area contributed by atoms with Gasteiger partial charge < -0.3 is 14.4 Å². The molecule has 78 heavy (non-hydrogen) atoms. The quantitative estimate of drug-likeness (QED) is 0.101. The number of imidazole rings is 1. The van der Waals surface area contributed by atoms with Crippen molar-refractivity contribution in [2.24, 2.45) is 0 Å². The van der Waals surface area contributed by atoms with Gasteiger partial charge in [0.15, 0.2) is 0 Å². The van der Waals surface area contributed by atoms with Gasteiger partial charge in [0.2, 0.25) is 0 Å². The van der Waals surface area contributed by atoms with Crippen LogP contribution in [0.5, 0.6) is 0 Å². The van der Waals surface area contributed by atoms with Crippen LogP contribution in [0.1, 0.15) is 0 Å². The van der Waals surface area contributed by atoms with Crippen molar-refractivity contribution in [3.8, 4) is 112 Å². The molecule has 366 valence electrons. The molecule has 0 bridgehead atoms. The van der Waals surface area contributed by atoms with Crippen LogP contribution in [0.4, 0.5) is 0 Å². The smallest absolute Gasteiger partial charge is 0.340 e. The number of hydrogen-bond acceptors (Lipinski definition) is 3. The topological polar surface area (TPSA) is 43.1 Å². The number of nitrogens with zero attached hydrogens (tertiary/aromatic N) is 4. The normalized spacial score (nSPS) is 11.2. The summed E-state index contributed by atoms with van der Waals surface area (Å²) >= 11 is 0. The van der Waals surface area contributed by atoms with Crippen LogP contribution in [0.2, 0.25) is 0 Å². The van der Waals surface area contributed by atoms with Crippen LogP contribution in [0.25, 0.3) is 139 Å². The van der Waals surface area contributed by atoms with E-state index in [0.29, 0.717) is 0 Å². The Kier molecular flexibility index (Phi) is 12.8. The largest absolute Gasteiger partial charge is 3.00 e. The summed E-state index contributed by atoms with van der Waals surface area (Å²) in [5, 5.41) is 3.27. The molecule has 0 N–H and O–H groups in total. The Balaban J connectivity index is 0.00000579. The predicted octanol–water partition coefficient (Wildman–Crippen LogP) is 18.5. The third-order valence-corrected chi connectivity index (χ3v) is 14.8. The van der Waals surface area contributed by atoms with E-state index in [0.717, 1.165) is 128 Å². The van der Waals surface area contributed by atoms with E-state index in [2.05, 4.69) is 240 Å². The average molecular weight is 1170 g/mol. The predicted molar refractivity (Wildman–Crippen MR) is 317 cm³/mol. The van der Waals surface area contributed by atoms with Crippen molar-refractivity contribution < 1.29 is 20.1 Å². The van der Waals surface area contributed by atoms with E-state index >= 15 is 0 Å². The first-order valence-electron chi connectivity index (χ1n) is 25.9. The molecular weight excluding hydrogens is 1130 g/mol. The second-order valence-corrected chi connectivity index (χ2v) is 19.3. The maximum Gasteiger partial charge on any atom is 3.00 e. The molecule has 0 atom stereocenters. The summed E-state index contributed by atoms with van der Waals surface area (Å²) in [5.41, 5.74) is 23.4. The first kappa shape index (κ1) is 48.0. The second-order valence-electron chi connectivity index (χ2n) is 19.3.